The van der Waals surface area contributed by atoms with E-state index in [4.69, 9.17) is 0 Å². The van der Waals surface area contributed by atoms with E-state index in [1.807, 2.05) is 30.3 Å². The van der Waals surface area contributed by atoms with Gasteiger partial charge in [-0.15, -0.1) is 0 Å². The van der Waals surface area contributed by atoms with Crippen LogP contribution in [0, 0.1) is 0 Å². The van der Waals surface area contributed by atoms with Crippen molar-refractivity contribution >= 4 is 11.7 Å². The van der Waals surface area contributed by atoms with Crippen LogP contribution < -0.4 is 0 Å². The van der Waals surface area contributed by atoms with Crippen molar-refractivity contribution in [2.24, 2.45) is 10.2 Å². The van der Waals surface area contributed by atoms with Crippen LogP contribution >= 0.6 is 0 Å². The number of benzene rings is 1. The number of carbonyl (C=O) groups excluding carboxylic acids is 1. The van der Waals surface area contributed by atoms with E-state index in [0.717, 1.165) is 5.69 Å². The van der Waals surface area contributed by atoms with Crippen molar-refractivity contribution in [2.45, 2.75) is 6.92 Å². The molecule has 1 aromatic carbocycles. The van der Waals surface area contributed by atoms with Gasteiger partial charge < -0.3 is 4.74 Å². The first kappa shape index (κ1) is 11.1. The molecule has 4 heteroatoms. The van der Waals surface area contributed by atoms with Gasteiger partial charge in [0, 0.05) is 6.08 Å². The van der Waals surface area contributed by atoms with Gasteiger partial charge in [-0.05, 0) is 19.1 Å². The normalized spacial score (nSPS) is 11.7. The van der Waals surface area contributed by atoms with Gasteiger partial charge in [0.15, 0.2) is 0 Å². The van der Waals surface area contributed by atoms with Crippen molar-refractivity contribution < 1.29 is 9.53 Å². The van der Waals surface area contributed by atoms with Crippen molar-refractivity contribution in [3.8, 4) is 0 Å². The van der Waals surface area contributed by atoms with Crippen molar-refractivity contribution in [3.05, 3.63) is 42.1 Å². The van der Waals surface area contributed by atoms with Gasteiger partial charge in [-0.25, -0.2) is 4.79 Å². The molecular weight excluding hydrogens is 192 g/mol. The Balaban J connectivity index is 2.66. The van der Waals surface area contributed by atoms with Crippen LogP contribution in [0.25, 0.3) is 0 Å². The largest absolute Gasteiger partial charge is 0.466 e. The molecule has 0 radical (unpaired) electrons. The van der Waals surface area contributed by atoms with E-state index in [0.29, 0.717) is 5.70 Å². The second-order valence-electron chi connectivity index (χ2n) is 2.84. The number of esters is 1. The first-order chi connectivity index (χ1) is 7.22. The minimum atomic E-state index is -0.431. The van der Waals surface area contributed by atoms with Gasteiger partial charge >= 0.3 is 5.97 Å². The number of carbonyl (C=O) groups is 1. The molecule has 0 amide bonds. The van der Waals surface area contributed by atoms with Gasteiger partial charge in [0.25, 0.3) is 0 Å². The third kappa shape index (κ3) is 4.17. The van der Waals surface area contributed by atoms with Crippen molar-refractivity contribution in [1.82, 2.24) is 0 Å². The molecule has 0 bridgehead atoms. The molecule has 0 heterocycles. The van der Waals surface area contributed by atoms with Gasteiger partial charge in [0.1, 0.15) is 0 Å². The number of ether oxygens (including phenoxy) is 1. The van der Waals surface area contributed by atoms with E-state index in [1.54, 1.807) is 6.92 Å². The summed E-state index contributed by atoms with van der Waals surface area (Å²) in [5.41, 5.74) is 1.25. The maximum Gasteiger partial charge on any atom is 0.332 e. The number of nitrogens with zero attached hydrogens (tertiary/aromatic N) is 2. The van der Waals surface area contributed by atoms with E-state index in [-0.39, 0.29) is 0 Å². The smallest absolute Gasteiger partial charge is 0.332 e. The quantitative estimate of drug-likeness (QED) is 0.432. The Labute approximate surface area is 88.3 Å². The van der Waals surface area contributed by atoms with E-state index >= 15 is 0 Å². The third-order valence-corrected chi connectivity index (χ3v) is 1.61. The Morgan fingerprint density at radius 3 is 2.60 bits per heavy atom. The summed E-state index contributed by atoms with van der Waals surface area (Å²) in [5, 5.41) is 7.81. The van der Waals surface area contributed by atoms with Crippen molar-refractivity contribution in [2.75, 3.05) is 7.11 Å². The van der Waals surface area contributed by atoms with Crippen molar-refractivity contribution in [3.63, 3.8) is 0 Å². The number of rotatable bonds is 3. The summed E-state index contributed by atoms with van der Waals surface area (Å²) < 4.78 is 4.46. The number of allylic oxidation sites excluding steroid dienone is 1. The fourth-order valence-electron chi connectivity index (χ4n) is 0.890. The number of methoxy groups -OCH3 is 1. The van der Waals surface area contributed by atoms with Gasteiger partial charge in [-0.2, -0.15) is 10.2 Å². The molecule has 0 aliphatic heterocycles. The Morgan fingerprint density at radius 2 is 2.00 bits per heavy atom. The molecule has 1 rings (SSSR count). The van der Waals surface area contributed by atoms with Gasteiger partial charge in [0.05, 0.1) is 18.5 Å². The molecular formula is C11H12N2O2. The van der Waals surface area contributed by atoms with Crippen LogP contribution in [0.1, 0.15) is 6.92 Å². The Bertz CT molecular complexity index is 383. The predicted octanol–water partition coefficient (Wildman–Crippen LogP) is 2.85. The Morgan fingerprint density at radius 1 is 1.33 bits per heavy atom. The molecule has 4 nitrogen and oxygen atoms in total. The molecule has 0 saturated carbocycles. The summed E-state index contributed by atoms with van der Waals surface area (Å²) in [6.45, 7) is 1.68. The first-order valence-electron chi connectivity index (χ1n) is 4.45. The van der Waals surface area contributed by atoms with E-state index in [1.165, 1.54) is 13.2 Å². The molecule has 0 saturated heterocycles. The average Bonchev–Trinajstić information content (AvgIpc) is 2.27. The monoisotopic (exact) mass is 204 g/mol. The Hall–Kier alpha value is -1.97. The maximum atomic E-state index is 10.8. The van der Waals surface area contributed by atoms with Crippen LogP contribution in [0.5, 0.6) is 0 Å². The van der Waals surface area contributed by atoms with Crippen molar-refractivity contribution in [1.29, 1.82) is 0 Å². The van der Waals surface area contributed by atoms with Crippen LogP contribution in [0.4, 0.5) is 5.69 Å². The standard InChI is InChI=1S/C11H12N2O2/c1-9(8-11(14)15-2)12-13-10-6-4-3-5-7-10/h3-8H,1-2H3/b9-8+,13-12?. The highest BCUT2D eigenvalue weighted by Gasteiger charge is 1.94. The Kier molecular flexibility index (Phi) is 4.22. The molecule has 0 aliphatic rings. The number of hydrogen-bond acceptors (Lipinski definition) is 4. The van der Waals surface area contributed by atoms with Gasteiger partial charge in [-0.3, -0.25) is 0 Å². The lowest BCUT2D eigenvalue weighted by atomic mass is 10.3. The van der Waals surface area contributed by atoms with Crippen LogP contribution in [0.3, 0.4) is 0 Å². The fraction of sp³-hybridized carbons (Fsp3) is 0.182. The highest BCUT2D eigenvalue weighted by Crippen LogP contribution is 2.11. The second kappa shape index (κ2) is 5.70. The molecule has 0 unspecified atom stereocenters. The molecule has 0 atom stereocenters. The number of hydrogen-bond donors (Lipinski definition) is 0. The van der Waals surface area contributed by atoms with Crippen LogP contribution in [0.2, 0.25) is 0 Å². The van der Waals surface area contributed by atoms with E-state index in [2.05, 4.69) is 15.0 Å². The molecule has 0 spiro atoms. The number of azo groups is 1. The van der Waals surface area contributed by atoms with E-state index in [9.17, 15) is 4.79 Å². The van der Waals surface area contributed by atoms with Crippen LogP contribution in [-0.4, -0.2) is 13.1 Å². The average molecular weight is 204 g/mol. The topological polar surface area (TPSA) is 51.0 Å². The summed E-state index contributed by atoms with van der Waals surface area (Å²) >= 11 is 0. The van der Waals surface area contributed by atoms with Crippen LogP contribution in [-0.2, 0) is 9.53 Å². The molecule has 1 aromatic rings. The lowest BCUT2D eigenvalue weighted by Crippen LogP contribution is -1.94. The van der Waals surface area contributed by atoms with Gasteiger partial charge in [0.2, 0.25) is 0 Å². The van der Waals surface area contributed by atoms with E-state index < -0.39 is 5.97 Å². The molecule has 0 N–H and O–H groups in total. The lowest BCUT2D eigenvalue weighted by Gasteiger charge is -1.92. The highest BCUT2D eigenvalue weighted by molar-refractivity contribution is 5.82. The summed E-state index contributed by atoms with van der Waals surface area (Å²) in [6.07, 6.45) is 1.28. The first-order valence-corrected chi connectivity index (χ1v) is 4.45. The zero-order valence-corrected chi connectivity index (χ0v) is 8.68. The maximum absolute atomic E-state index is 10.8. The minimum absolute atomic E-state index is 0.431. The van der Waals surface area contributed by atoms with Gasteiger partial charge in [-0.1, -0.05) is 18.2 Å². The summed E-state index contributed by atoms with van der Waals surface area (Å²) in [6, 6.07) is 9.29. The lowest BCUT2D eigenvalue weighted by molar-refractivity contribution is -0.134. The molecule has 0 fully saturated rings. The summed E-state index contributed by atoms with van der Waals surface area (Å²) in [4.78, 5) is 10.8. The fourth-order valence-corrected chi connectivity index (χ4v) is 0.890. The summed E-state index contributed by atoms with van der Waals surface area (Å²) in [5.74, 6) is -0.431. The minimum Gasteiger partial charge on any atom is -0.466 e. The molecule has 15 heavy (non-hydrogen) atoms. The highest BCUT2D eigenvalue weighted by atomic mass is 16.5. The molecule has 0 aliphatic carbocycles. The molecule has 0 aromatic heterocycles. The summed E-state index contributed by atoms with van der Waals surface area (Å²) in [7, 11) is 1.32. The zero-order valence-electron chi connectivity index (χ0n) is 8.68. The van der Waals surface area contributed by atoms with Crippen LogP contribution in [0.15, 0.2) is 52.3 Å². The third-order valence-electron chi connectivity index (χ3n) is 1.61. The zero-order chi connectivity index (χ0) is 11.1. The predicted molar refractivity (Wildman–Crippen MR) is 56.7 cm³/mol. The second-order valence-corrected chi connectivity index (χ2v) is 2.84. The SMILES string of the molecule is COC(=O)/C=C(\C)N=Nc1ccccc1. The molecule has 78 valence electrons.